The predicted molar refractivity (Wildman–Crippen MR) is 131 cm³/mol. The fourth-order valence-corrected chi connectivity index (χ4v) is 4.73. The Hall–Kier alpha value is -3.69. The Morgan fingerprint density at radius 3 is 2.11 bits per heavy atom. The van der Waals surface area contributed by atoms with Crippen molar-refractivity contribution in [3.63, 3.8) is 0 Å². The number of benzene rings is 3. The number of aryl methyl sites for hydroxylation is 1. The number of ether oxygens (including phenoxy) is 2. The number of fused-ring (bicyclic) bond motifs is 2. The number of rotatable bonds is 6. The average molecular weight is 495 g/mol. The molecule has 0 radical (unpaired) electrons. The number of anilines is 1. The van der Waals surface area contributed by atoms with Gasteiger partial charge < -0.3 is 14.8 Å². The second kappa shape index (κ2) is 9.52. The van der Waals surface area contributed by atoms with Crippen molar-refractivity contribution < 1.29 is 27.5 Å². The van der Waals surface area contributed by atoms with Crippen molar-refractivity contribution in [1.82, 2.24) is 4.31 Å². The first-order valence-corrected chi connectivity index (χ1v) is 12.4. The standard InChI is InChI=1S/C26H26N2O6S/c1-16-13-14-18(35(31,32)28(3)4)15-21(16)27-25(29)17(2)33-26(30)24-19-9-5-7-11-22(19)34-23-12-8-6-10-20(23)24/h5-15,17,24H,1-4H3,(H,27,29). The van der Waals surface area contributed by atoms with Gasteiger partial charge in [-0.05, 0) is 43.7 Å². The molecule has 35 heavy (non-hydrogen) atoms. The molecule has 1 aliphatic heterocycles. The van der Waals surface area contributed by atoms with Gasteiger partial charge in [-0.2, -0.15) is 0 Å². The molecule has 1 unspecified atom stereocenters. The van der Waals surface area contributed by atoms with Crippen molar-refractivity contribution in [3.05, 3.63) is 83.4 Å². The summed E-state index contributed by atoms with van der Waals surface area (Å²) in [5.41, 5.74) is 2.30. The van der Waals surface area contributed by atoms with E-state index in [4.69, 9.17) is 9.47 Å². The summed E-state index contributed by atoms with van der Waals surface area (Å²) in [5.74, 6) is -0.799. The van der Waals surface area contributed by atoms with E-state index in [0.717, 1.165) is 4.31 Å². The van der Waals surface area contributed by atoms with Crippen LogP contribution in [0.15, 0.2) is 71.6 Å². The molecule has 0 aromatic heterocycles. The molecule has 0 bridgehead atoms. The smallest absolute Gasteiger partial charge is 0.318 e. The van der Waals surface area contributed by atoms with Gasteiger partial charge in [0.2, 0.25) is 10.0 Å². The molecule has 0 saturated heterocycles. The fraction of sp³-hybridized carbons (Fsp3) is 0.231. The molecule has 1 amide bonds. The van der Waals surface area contributed by atoms with Crippen molar-refractivity contribution >= 4 is 27.6 Å². The summed E-state index contributed by atoms with van der Waals surface area (Å²) in [6, 6.07) is 18.9. The first-order valence-electron chi connectivity index (χ1n) is 11.0. The number of sulfonamides is 1. The highest BCUT2D eigenvalue weighted by Crippen LogP contribution is 2.44. The summed E-state index contributed by atoms with van der Waals surface area (Å²) < 4.78 is 37.5. The highest BCUT2D eigenvalue weighted by molar-refractivity contribution is 7.89. The minimum Gasteiger partial charge on any atom is -0.457 e. The van der Waals surface area contributed by atoms with E-state index in [-0.39, 0.29) is 4.90 Å². The predicted octanol–water partition coefficient (Wildman–Crippen LogP) is 4.05. The molecule has 0 fully saturated rings. The number of nitrogens with one attached hydrogen (secondary N) is 1. The Labute approximate surface area is 204 Å². The first-order chi connectivity index (χ1) is 16.6. The number of esters is 1. The lowest BCUT2D eigenvalue weighted by Gasteiger charge is -2.27. The minimum atomic E-state index is -3.68. The molecular weight excluding hydrogens is 468 g/mol. The summed E-state index contributed by atoms with van der Waals surface area (Å²) >= 11 is 0. The second-order valence-electron chi connectivity index (χ2n) is 8.44. The molecule has 0 spiro atoms. The molecule has 3 aromatic rings. The van der Waals surface area contributed by atoms with Crippen LogP contribution in [-0.4, -0.2) is 44.8 Å². The maximum absolute atomic E-state index is 13.3. The van der Waals surface area contributed by atoms with Gasteiger partial charge in [0, 0.05) is 30.9 Å². The van der Waals surface area contributed by atoms with Gasteiger partial charge in [0.25, 0.3) is 5.91 Å². The molecule has 1 aliphatic rings. The average Bonchev–Trinajstić information content (AvgIpc) is 2.83. The van der Waals surface area contributed by atoms with E-state index in [9.17, 15) is 18.0 Å². The Morgan fingerprint density at radius 2 is 1.54 bits per heavy atom. The van der Waals surface area contributed by atoms with E-state index in [1.165, 1.54) is 33.2 Å². The monoisotopic (exact) mass is 494 g/mol. The van der Waals surface area contributed by atoms with E-state index in [1.54, 1.807) is 37.3 Å². The third kappa shape index (κ3) is 4.78. The first kappa shape index (κ1) is 24.4. The van der Waals surface area contributed by atoms with Crippen molar-refractivity contribution in [1.29, 1.82) is 0 Å². The molecule has 4 rings (SSSR count). The van der Waals surface area contributed by atoms with Crippen LogP contribution in [0.1, 0.15) is 29.5 Å². The van der Waals surface area contributed by atoms with Gasteiger partial charge in [-0.25, -0.2) is 12.7 Å². The van der Waals surface area contributed by atoms with Crippen LogP contribution < -0.4 is 10.1 Å². The van der Waals surface area contributed by atoms with Crippen LogP contribution in [0.4, 0.5) is 5.69 Å². The van der Waals surface area contributed by atoms with Gasteiger partial charge in [0.15, 0.2) is 6.10 Å². The number of nitrogens with zero attached hydrogens (tertiary/aromatic N) is 1. The van der Waals surface area contributed by atoms with Crippen molar-refractivity contribution in [2.45, 2.75) is 30.8 Å². The maximum atomic E-state index is 13.3. The van der Waals surface area contributed by atoms with Gasteiger partial charge in [-0.3, -0.25) is 9.59 Å². The van der Waals surface area contributed by atoms with Crippen LogP contribution in [0.5, 0.6) is 11.5 Å². The van der Waals surface area contributed by atoms with Crippen molar-refractivity contribution in [2.24, 2.45) is 0 Å². The Morgan fingerprint density at radius 1 is 0.971 bits per heavy atom. The largest absolute Gasteiger partial charge is 0.457 e. The van der Waals surface area contributed by atoms with Crippen LogP contribution in [-0.2, 0) is 24.3 Å². The summed E-state index contributed by atoms with van der Waals surface area (Å²) in [4.78, 5) is 26.2. The van der Waals surface area contributed by atoms with Gasteiger partial charge in [0.1, 0.15) is 17.4 Å². The zero-order valence-electron chi connectivity index (χ0n) is 19.8. The van der Waals surface area contributed by atoms with E-state index >= 15 is 0 Å². The molecule has 3 aromatic carbocycles. The highest BCUT2D eigenvalue weighted by atomic mass is 32.2. The van der Waals surface area contributed by atoms with Crippen molar-refractivity contribution in [3.8, 4) is 11.5 Å². The van der Waals surface area contributed by atoms with Gasteiger partial charge in [-0.1, -0.05) is 42.5 Å². The topological polar surface area (TPSA) is 102 Å². The number of para-hydroxylation sites is 2. The Bertz CT molecular complexity index is 1350. The molecule has 1 heterocycles. The third-order valence-electron chi connectivity index (χ3n) is 5.82. The van der Waals surface area contributed by atoms with Gasteiger partial charge in [-0.15, -0.1) is 0 Å². The zero-order chi connectivity index (χ0) is 25.3. The maximum Gasteiger partial charge on any atom is 0.318 e. The quantitative estimate of drug-likeness (QED) is 0.519. The van der Waals surface area contributed by atoms with E-state index in [2.05, 4.69) is 5.32 Å². The molecule has 1 atom stereocenters. The fourth-order valence-electron chi connectivity index (χ4n) is 3.80. The highest BCUT2D eigenvalue weighted by Gasteiger charge is 2.35. The number of hydrogen-bond donors (Lipinski definition) is 1. The molecule has 8 nitrogen and oxygen atoms in total. The number of hydrogen-bond acceptors (Lipinski definition) is 6. The SMILES string of the molecule is Cc1ccc(S(=O)(=O)N(C)C)cc1NC(=O)C(C)OC(=O)C1c2ccccc2Oc2ccccc21. The Balaban J connectivity index is 1.54. The molecule has 182 valence electrons. The summed E-state index contributed by atoms with van der Waals surface area (Å²) in [7, 11) is -0.813. The van der Waals surface area contributed by atoms with Crippen LogP contribution >= 0.6 is 0 Å². The van der Waals surface area contributed by atoms with E-state index < -0.39 is 33.9 Å². The molecule has 9 heteroatoms. The van der Waals surface area contributed by atoms with E-state index in [0.29, 0.717) is 33.9 Å². The summed E-state index contributed by atoms with van der Waals surface area (Å²) in [6.07, 6.45) is -1.13. The molecule has 0 saturated carbocycles. The molecule has 1 N–H and O–H groups in total. The van der Waals surface area contributed by atoms with E-state index in [1.807, 2.05) is 24.3 Å². The van der Waals surface area contributed by atoms with Crippen LogP contribution in [0.3, 0.4) is 0 Å². The number of amides is 1. The normalized spacial score (nSPS) is 13.9. The number of carbonyl (C=O) groups excluding carboxylic acids is 2. The summed E-state index contributed by atoms with van der Waals surface area (Å²) in [6.45, 7) is 3.22. The molecular formula is C26H26N2O6S. The lowest BCUT2D eigenvalue weighted by atomic mass is 9.88. The number of carbonyl (C=O) groups is 2. The zero-order valence-corrected chi connectivity index (χ0v) is 20.6. The van der Waals surface area contributed by atoms with Crippen molar-refractivity contribution in [2.75, 3.05) is 19.4 Å². The second-order valence-corrected chi connectivity index (χ2v) is 10.6. The minimum absolute atomic E-state index is 0.0449. The summed E-state index contributed by atoms with van der Waals surface area (Å²) in [5, 5.41) is 2.68. The van der Waals surface area contributed by atoms with Crippen LogP contribution in [0.25, 0.3) is 0 Å². The van der Waals surface area contributed by atoms with Crippen LogP contribution in [0, 0.1) is 6.92 Å². The Kier molecular flexibility index (Phi) is 6.64. The lowest BCUT2D eigenvalue weighted by Crippen LogP contribution is -2.33. The lowest BCUT2D eigenvalue weighted by molar-refractivity contribution is -0.153. The third-order valence-corrected chi connectivity index (χ3v) is 7.63. The van der Waals surface area contributed by atoms with Gasteiger partial charge in [0.05, 0.1) is 4.90 Å². The van der Waals surface area contributed by atoms with Crippen LogP contribution in [0.2, 0.25) is 0 Å². The molecule has 0 aliphatic carbocycles. The van der Waals surface area contributed by atoms with Gasteiger partial charge >= 0.3 is 5.97 Å².